The predicted octanol–water partition coefficient (Wildman–Crippen LogP) is 1.20. The molecule has 0 saturated carbocycles. The highest BCUT2D eigenvalue weighted by molar-refractivity contribution is 5.88. The van der Waals surface area contributed by atoms with Crippen molar-refractivity contribution < 1.29 is 29.3 Å². The quantitative estimate of drug-likeness (QED) is 0.204. The largest absolute Gasteiger partial charge is 0.493 e. The molecule has 10 heteroatoms. The number of amides is 1. The van der Waals surface area contributed by atoms with Crippen molar-refractivity contribution >= 4 is 11.9 Å². The molecule has 10 nitrogen and oxygen atoms in total. The maximum absolute atomic E-state index is 12.4. The van der Waals surface area contributed by atoms with Gasteiger partial charge >= 0.3 is 5.97 Å². The average molecular weight is 408 g/mol. The fourth-order valence-electron chi connectivity index (χ4n) is 2.47. The molecule has 0 bridgehead atoms. The molecule has 0 spiro atoms. The van der Waals surface area contributed by atoms with Crippen molar-refractivity contribution in [3.63, 3.8) is 0 Å². The van der Waals surface area contributed by atoms with Crippen LogP contribution in [-0.2, 0) is 20.7 Å². The van der Waals surface area contributed by atoms with Gasteiger partial charge in [-0.15, -0.1) is 0 Å². The van der Waals surface area contributed by atoms with Crippen LogP contribution in [0.1, 0.15) is 19.4 Å². The van der Waals surface area contributed by atoms with Crippen molar-refractivity contribution in [2.24, 2.45) is 17.0 Å². The molecular formula is C19H28N4O6. The summed E-state index contributed by atoms with van der Waals surface area (Å²) in [6, 6.07) is 4.97. The van der Waals surface area contributed by atoms with E-state index in [1.807, 2.05) is 0 Å². The van der Waals surface area contributed by atoms with Gasteiger partial charge in [-0.3, -0.25) is 4.79 Å². The van der Waals surface area contributed by atoms with Crippen molar-refractivity contribution in [2.75, 3.05) is 26.9 Å². The number of rotatable bonds is 12. The van der Waals surface area contributed by atoms with Crippen molar-refractivity contribution in [1.82, 2.24) is 5.32 Å². The van der Waals surface area contributed by atoms with E-state index in [9.17, 15) is 9.59 Å². The zero-order chi connectivity index (χ0) is 21.8. The molecule has 160 valence electrons. The molecule has 0 aliphatic heterocycles. The first-order valence-electron chi connectivity index (χ1n) is 9.22. The van der Waals surface area contributed by atoms with Gasteiger partial charge in [-0.1, -0.05) is 31.1 Å². The average Bonchev–Trinajstić information content (AvgIpc) is 2.72. The molecule has 3 N–H and O–H groups in total. The third-order valence-electron chi connectivity index (χ3n) is 4.24. The van der Waals surface area contributed by atoms with Crippen LogP contribution in [0.25, 0.3) is 10.4 Å². The van der Waals surface area contributed by atoms with E-state index in [0.717, 1.165) is 5.56 Å². The van der Waals surface area contributed by atoms with E-state index >= 15 is 0 Å². The van der Waals surface area contributed by atoms with E-state index in [-0.39, 0.29) is 38.1 Å². The van der Waals surface area contributed by atoms with E-state index in [4.69, 9.17) is 25.2 Å². The van der Waals surface area contributed by atoms with E-state index < -0.39 is 24.0 Å². The summed E-state index contributed by atoms with van der Waals surface area (Å²) in [5, 5.41) is 24.2. The van der Waals surface area contributed by atoms with Crippen LogP contribution in [0.3, 0.4) is 0 Å². The number of ether oxygens (including phenoxy) is 2. The molecule has 1 aromatic carbocycles. The van der Waals surface area contributed by atoms with Gasteiger partial charge in [0.05, 0.1) is 26.9 Å². The van der Waals surface area contributed by atoms with Gasteiger partial charge in [0.2, 0.25) is 5.91 Å². The summed E-state index contributed by atoms with van der Waals surface area (Å²) in [4.78, 5) is 27.2. The molecule has 0 aromatic heterocycles. The Hall–Kier alpha value is -2.81. The number of esters is 1. The Morgan fingerprint density at radius 1 is 1.21 bits per heavy atom. The van der Waals surface area contributed by atoms with Crippen LogP contribution < -0.4 is 10.1 Å². The normalized spacial score (nSPS) is 12.8. The van der Waals surface area contributed by atoms with Crippen LogP contribution >= 0.6 is 0 Å². The maximum atomic E-state index is 12.4. The summed E-state index contributed by atoms with van der Waals surface area (Å²) in [6.07, 6.45) is 0.176. The zero-order valence-electron chi connectivity index (χ0n) is 16.8. The number of carbonyl (C=O) groups is 2. The van der Waals surface area contributed by atoms with E-state index in [1.54, 1.807) is 38.1 Å². The second-order valence-corrected chi connectivity index (χ2v) is 6.87. The smallest absolute Gasteiger partial charge is 0.328 e. The Kier molecular flexibility index (Phi) is 10.5. The highest BCUT2D eigenvalue weighted by atomic mass is 16.5. The lowest BCUT2D eigenvalue weighted by Crippen LogP contribution is -2.47. The number of aliphatic hydroxyl groups is 2. The molecule has 2 atom stereocenters. The summed E-state index contributed by atoms with van der Waals surface area (Å²) < 4.78 is 10.3. The number of nitrogens with zero attached hydrogens (tertiary/aromatic N) is 3. The van der Waals surface area contributed by atoms with Crippen LogP contribution in [0, 0.1) is 11.8 Å². The minimum absolute atomic E-state index is 0.170. The van der Waals surface area contributed by atoms with Crippen LogP contribution in [0.5, 0.6) is 5.75 Å². The number of aliphatic hydroxyl groups excluding tert-OH is 2. The first-order valence-corrected chi connectivity index (χ1v) is 9.22. The summed E-state index contributed by atoms with van der Waals surface area (Å²) in [5.74, 6) is -1.22. The van der Waals surface area contributed by atoms with Gasteiger partial charge in [0, 0.05) is 17.3 Å². The van der Waals surface area contributed by atoms with Crippen LogP contribution in [0.15, 0.2) is 29.4 Å². The number of hydrogen-bond acceptors (Lipinski definition) is 7. The number of hydrogen-bond donors (Lipinski definition) is 3. The monoisotopic (exact) mass is 408 g/mol. The third kappa shape index (κ3) is 7.98. The highest BCUT2D eigenvalue weighted by Gasteiger charge is 2.27. The molecule has 29 heavy (non-hydrogen) atoms. The minimum atomic E-state index is -0.942. The summed E-state index contributed by atoms with van der Waals surface area (Å²) in [7, 11) is 1.23. The first-order chi connectivity index (χ1) is 13.9. The van der Waals surface area contributed by atoms with Gasteiger partial charge in [0.25, 0.3) is 0 Å². The first kappa shape index (κ1) is 24.2. The van der Waals surface area contributed by atoms with E-state index in [0.29, 0.717) is 5.75 Å². The van der Waals surface area contributed by atoms with Gasteiger partial charge in [-0.2, -0.15) is 0 Å². The molecule has 0 aliphatic carbocycles. The Bertz CT molecular complexity index is 699. The zero-order valence-corrected chi connectivity index (χ0v) is 16.8. The van der Waals surface area contributed by atoms with E-state index in [1.165, 1.54) is 7.11 Å². The summed E-state index contributed by atoms with van der Waals surface area (Å²) >= 11 is 0. The predicted molar refractivity (Wildman–Crippen MR) is 105 cm³/mol. The van der Waals surface area contributed by atoms with Crippen LogP contribution in [0.4, 0.5) is 0 Å². The molecule has 0 fully saturated rings. The molecule has 0 aliphatic rings. The van der Waals surface area contributed by atoms with Gasteiger partial charge in [-0.05, 0) is 29.1 Å². The number of nitrogens with one attached hydrogen (secondary N) is 1. The van der Waals surface area contributed by atoms with Crippen molar-refractivity contribution in [2.45, 2.75) is 32.4 Å². The number of azide groups is 1. The Labute approximate surface area is 169 Å². The van der Waals surface area contributed by atoms with Crippen molar-refractivity contribution in [3.05, 3.63) is 40.3 Å². The maximum Gasteiger partial charge on any atom is 0.328 e. The molecule has 1 amide bonds. The van der Waals surface area contributed by atoms with Crippen molar-refractivity contribution in [1.29, 1.82) is 0 Å². The third-order valence-corrected chi connectivity index (χ3v) is 4.24. The minimum Gasteiger partial charge on any atom is -0.493 e. The van der Waals surface area contributed by atoms with Gasteiger partial charge < -0.3 is 25.0 Å². The number of methoxy groups -OCH3 is 1. The molecular weight excluding hydrogens is 380 g/mol. The second-order valence-electron chi connectivity index (χ2n) is 6.87. The summed E-state index contributed by atoms with van der Waals surface area (Å²) in [6.45, 7) is 3.29. The Morgan fingerprint density at radius 2 is 1.83 bits per heavy atom. The lowest BCUT2D eigenvalue weighted by atomic mass is 10.0. The van der Waals surface area contributed by atoms with Crippen molar-refractivity contribution in [3.8, 4) is 5.75 Å². The van der Waals surface area contributed by atoms with Gasteiger partial charge in [-0.25, -0.2) is 4.79 Å². The lowest BCUT2D eigenvalue weighted by Gasteiger charge is -2.21. The van der Waals surface area contributed by atoms with Gasteiger partial charge in [0.1, 0.15) is 17.8 Å². The van der Waals surface area contributed by atoms with Crippen LogP contribution in [-0.4, -0.2) is 61.1 Å². The Morgan fingerprint density at radius 3 is 2.31 bits per heavy atom. The SMILES string of the molecule is COC(=O)C(Cc1ccc(OCC(CO)CO)cc1)NC(=O)C(N=[N+]=[N-])C(C)C. The molecule has 0 radical (unpaired) electrons. The lowest BCUT2D eigenvalue weighted by molar-refractivity contribution is -0.145. The number of carbonyl (C=O) groups excluding carboxylic acids is 2. The summed E-state index contributed by atoms with van der Waals surface area (Å²) in [5.41, 5.74) is 9.39. The van der Waals surface area contributed by atoms with Crippen LogP contribution in [0.2, 0.25) is 0 Å². The fourth-order valence-corrected chi connectivity index (χ4v) is 2.47. The molecule has 0 saturated heterocycles. The number of benzene rings is 1. The standard InChI is InChI=1S/C19H28N4O6/c1-12(2)17(22-23-20)18(26)21-16(19(27)28-3)8-13-4-6-15(7-5-13)29-11-14(9-24)10-25/h4-7,12,14,16-17,24-25H,8-11H2,1-3H3,(H,21,26). The Balaban J connectivity index is 2.81. The van der Waals surface area contributed by atoms with Gasteiger partial charge in [0.15, 0.2) is 0 Å². The second kappa shape index (κ2) is 12.6. The molecule has 2 unspecified atom stereocenters. The molecule has 0 heterocycles. The van der Waals surface area contributed by atoms with E-state index in [2.05, 4.69) is 15.3 Å². The highest BCUT2D eigenvalue weighted by Crippen LogP contribution is 2.15. The fraction of sp³-hybridized carbons (Fsp3) is 0.579. The molecule has 1 aromatic rings. The topological polar surface area (TPSA) is 154 Å². The molecule has 1 rings (SSSR count).